The zero-order valence-electron chi connectivity index (χ0n) is 14.0. The fourth-order valence-corrected chi connectivity index (χ4v) is 2.68. The molecule has 10 heteroatoms. The van der Waals surface area contributed by atoms with Crippen LogP contribution >= 0.6 is 15.9 Å². The number of carbonyl (C=O) groups is 1. The second kappa shape index (κ2) is 7.65. The molecular weight excluding hydrogens is 429 g/mol. The van der Waals surface area contributed by atoms with E-state index in [4.69, 9.17) is 4.74 Å². The van der Waals surface area contributed by atoms with Crippen molar-refractivity contribution in [3.05, 3.63) is 52.3 Å². The number of carbonyl (C=O) groups excluding carboxylic acids is 1. The van der Waals surface area contributed by atoms with Crippen molar-refractivity contribution in [3.63, 3.8) is 0 Å². The maximum atomic E-state index is 13.5. The molecule has 0 atom stereocenters. The Bertz CT molecular complexity index is 971. The van der Waals surface area contributed by atoms with Gasteiger partial charge in [-0.2, -0.15) is 18.3 Å². The van der Waals surface area contributed by atoms with E-state index in [0.717, 1.165) is 10.5 Å². The Morgan fingerprint density at radius 2 is 1.96 bits per heavy atom. The number of rotatable bonds is 5. The summed E-state index contributed by atoms with van der Waals surface area (Å²) in [4.78, 5) is 16.3. The second-order valence-corrected chi connectivity index (χ2v) is 6.50. The molecule has 0 saturated heterocycles. The van der Waals surface area contributed by atoms with Gasteiger partial charge in [0, 0.05) is 29.8 Å². The third-order valence-corrected chi connectivity index (χ3v) is 4.21. The van der Waals surface area contributed by atoms with Crippen LogP contribution in [0.25, 0.3) is 16.9 Å². The molecule has 0 fully saturated rings. The Morgan fingerprint density at radius 1 is 1.26 bits per heavy atom. The van der Waals surface area contributed by atoms with Crippen LogP contribution in [0.1, 0.15) is 16.2 Å². The van der Waals surface area contributed by atoms with Crippen molar-refractivity contribution in [2.45, 2.75) is 6.18 Å². The first kappa shape index (κ1) is 19.3. The van der Waals surface area contributed by atoms with Crippen molar-refractivity contribution in [2.24, 2.45) is 0 Å². The number of amides is 1. The van der Waals surface area contributed by atoms with Crippen LogP contribution in [0, 0.1) is 0 Å². The largest absolute Gasteiger partial charge is 0.433 e. The van der Waals surface area contributed by atoms with Crippen molar-refractivity contribution in [2.75, 3.05) is 20.3 Å². The molecule has 0 unspecified atom stereocenters. The van der Waals surface area contributed by atoms with Crippen LogP contribution < -0.4 is 5.32 Å². The summed E-state index contributed by atoms with van der Waals surface area (Å²) >= 11 is 3.28. The molecule has 3 aromatic rings. The van der Waals surface area contributed by atoms with E-state index in [0.29, 0.717) is 10.1 Å². The highest BCUT2D eigenvalue weighted by molar-refractivity contribution is 9.10. The topological polar surface area (TPSA) is 68.5 Å². The van der Waals surface area contributed by atoms with Gasteiger partial charge in [0.2, 0.25) is 0 Å². The maximum absolute atomic E-state index is 13.5. The number of alkyl halides is 3. The summed E-state index contributed by atoms with van der Waals surface area (Å²) in [7, 11) is 1.47. The zero-order valence-corrected chi connectivity index (χ0v) is 15.6. The average Bonchev–Trinajstić information content (AvgIpc) is 3.05. The van der Waals surface area contributed by atoms with E-state index < -0.39 is 17.8 Å². The lowest BCUT2D eigenvalue weighted by Crippen LogP contribution is -2.27. The fourth-order valence-electron chi connectivity index (χ4n) is 2.41. The Kier molecular flexibility index (Phi) is 5.47. The van der Waals surface area contributed by atoms with Gasteiger partial charge in [-0.3, -0.25) is 4.79 Å². The quantitative estimate of drug-likeness (QED) is 0.613. The van der Waals surface area contributed by atoms with E-state index >= 15 is 0 Å². The lowest BCUT2D eigenvalue weighted by atomic mass is 10.1. The van der Waals surface area contributed by atoms with Crippen LogP contribution in [-0.2, 0) is 10.9 Å². The molecule has 3 rings (SSSR count). The van der Waals surface area contributed by atoms with E-state index in [9.17, 15) is 18.0 Å². The monoisotopic (exact) mass is 442 g/mol. The average molecular weight is 443 g/mol. The van der Waals surface area contributed by atoms with Crippen LogP contribution in [0.15, 0.2) is 40.9 Å². The molecule has 2 aromatic heterocycles. The highest BCUT2D eigenvalue weighted by Crippen LogP contribution is 2.32. The van der Waals surface area contributed by atoms with Gasteiger partial charge in [-0.25, -0.2) is 9.50 Å². The first-order chi connectivity index (χ1) is 12.8. The molecule has 0 aliphatic carbocycles. The smallest absolute Gasteiger partial charge is 0.383 e. The molecule has 142 valence electrons. The minimum absolute atomic E-state index is 0.0698. The van der Waals surface area contributed by atoms with Gasteiger partial charge in [-0.05, 0) is 18.2 Å². The van der Waals surface area contributed by atoms with Gasteiger partial charge in [0.05, 0.1) is 12.3 Å². The Balaban J connectivity index is 2.07. The SMILES string of the molecule is COCCNC(=O)c1cc2nc(-c3ccc(Br)cc3)cc(C(F)(F)F)n2n1. The van der Waals surface area contributed by atoms with Gasteiger partial charge in [0.25, 0.3) is 5.91 Å². The normalized spacial score (nSPS) is 11.7. The summed E-state index contributed by atoms with van der Waals surface area (Å²) in [6, 6.07) is 8.85. The van der Waals surface area contributed by atoms with Crippen molar-refractivity contribution in [1.29, 1.82) is 0 Å². The molecule has 0 saturated carbocycles. The number of nitrogens with one attached hydrogen (secondary N) is 1. The number of aromatic nitrogens is 3. The van der Waals surface area contributed by atoms with Crippen molar-refractivity contribution < 1.29 is 22.7 Å². The summed E-state index contributed by atoms with van der Waals surface area (Å²) in [5, 5.41) is 6.30. The molecule has 1 amide bonds. The number of fused-ring (bicyclic) bond motifs is 1. The van der Waals surface area contributed by atoms with E-state index in [1.54, 1.807) is 24.3 Å². The molecule has 6 nitrogen and oxygen atoms in total. The second-order valence-electron chi connectivity index (χ2n) is 5.58. The Hall–Kier alpha value is -2.46. The number of hydrogen-bond donors (Lipinski definition) is 1. The molecule has 0 aliphatic rings. The first-order valence-electron chi connectivity index (χ1n) is 7.80. The van der Waals surface area contributed by atoms with Crippen LogP contribution in [0.3, 0.4) is 0 Å². The van der Waals surface area contributed by atoms with Gasteiger partial charge in [-0.15, -0.1) is 0 Å². The zero-order chi connectivity index (χ0) is 19.6. The van der Waals surface area contributed by atoms with Gasteiger partial charge in [0.15, 0.2) is 17.0 Å². The highest BCUT2D eigenvalue weighted by Gasteiger charge is 2.35. The van der Waals surface area contributed by atoms with Crippen LogP contribution in [0.2, 0.25) is 0 Å². The predicted octanol–water partition coefficient (Wildman–Crippen LogP) is 3.55. The number of methoxy groups -OCH3 is 1. The van der Waals surface area contributed by atoms with Crippen LogP contribution in [0.4, 0.5) is 13.2 Å². The molecule has 0 aliphatic heterocycles. The summed E-state index contributed by atoms with van der Waals surface area (Å²) in [5.41, 5.74) is -0.592. The van der Waals surface area contributed by atoms with Gasteiger partial charge >= 0.3 is 6.18 Å². The number of benzene rings is 1. The molecule has 27 heavy (non-hydrogen) atoms. The summed E-state index contributed by atoms with van der Waals surface area (Å²) in [5.74, 6) is -0.601. The third kappa shape index (κ3) is 4.28. The van der Waals surface area contributed by atoms with Gasteiger partial charge < -0.3 is 10.1 Å². The Morgan fingerprint density at radius 3 is 2.59 bits per heavy atom. The first-order valence-corrected chi connectivity index (χ1v) is 8.60. The summed E-state index contributed by atoms with van der Waals surface area (Å²) in [6.45, 7) is 0.492. The predicted molar refractivity (Wildman–Crippen MR) is 95.3 cm³/mol. The van der Waals surface area contributed by atoms with Crippen LogP contribution in [0.5, 0.6) is 0 Å². The van der Waals surface area contributed by atoms with E-state index in [1.165, 1.54) is 13.2 Å². The molecule has 1 aromatic carbocycles. The van der Waals surface area contributed by atoms with E-state index in [1.807, 2.05) is 0 Å². The van der Waals surface area contributed by atoms with E-state index in [-0.39, 0.29) is 30.2 Å². The maximum Gasteiger partial charge on any atom is 0.433 e. The van der Waals surface area contributed by atoms with Crippen molar-refractivity contribution in [1.82, 2.24) is 19.9 Å². The molecule has 1 N–H and O–H groups in total. The highest BCUT2D eigenvalue weighted by atomic mass is 79.9. The number of halogens is 4. The molecule has 2 heterocycles. The standard InChI is InChI=1S/C17H14BrF3N4O2/c1-27-7-6-22-16(26)13-9-15-23-12(10-2-4-11(18)5-3-10)8-14(17(19,20)21)25(15)24-13/h2-5,8-9H,6-7H2,1H3,(H,22,26). The molecule has 0 spiro atoms. The number of ether oxygens (including phenoxy) is 1. The van der Waals surface area contributed by atoms with Crippen LogP contribution in [-0.4, -0.2) is 40.8 Å². The van der Waals surface area contributed by atoms with Gasteiger partial charge in [0.1, 0.15) is 0 Å². The number of nitrogens with zero attached hydrogens (tertiary/aromatic N) is 3. The van der Waals surface area contributed by atoms with Gasteiger partial charge in [-0.1, -0.05) is 28.1 Å². The Labute approximate surface area is 160 Å². The fraction of sp³-hybridized carbons (Fsp3) is 0.235. The molecule has 0 radical (unpaired) electrons. The molecule has 0 bridgehead atoms. The lowest BCUT2D eigenvalue weighted by Gasteiger charge is -2.11. The van der Waals surface area contributed by atoms with E-state index in [2.05, 4.69) is 31.3 Å². The number of hydrogen-bond acceptors (Lipinski definition) is 4. The third-order valence-electron chi connectivity index (χ3n) is 3.68. The summed E-state index contributed by atoms with van der Waals surface area (Å²) < 4.78 is 46.8. The van der Waals surface area contributed by atoms with Crippen molar-refractivity contribution in [3.8, 4) is 11.3 Å². The molecular formula is C17H14BrF3N4O2. The minimum Gasteiger partial charge on any atom is -0.383 e. The summed E-state index contributed by atoms with van der Waals surface area (Å²) in [6.07, 6.45) is -4.67. The lowest BCUT2D eigenvalue weighted by molar-refractivity contribution is -0.142. The van der Waals surface area contributed by atoms with Crippen molar-refractivity contribution >= 4 is 27.5 Å². The minimum atomic E-state index is -4.67.